The molecule has 0 radical (unpaired) electrons. The van der Waals surface area contributed by atoms with Crippen LogP contribution in [0.25, 0.3) is 11.1 Å². The molecular formula is C22H25N3O4. The van der Waals surface area contributed by atoms with E-state index < -0.39 is 6.04 Å². The van der Waals surface area contributed by atoms with Crippen LogP contribution in [0.1, 0.15) is 37.0 Å². The van der Waals surface area contributed by atoms with Crippen LogP contribution >= 0.6 is 0 Å². The van der Waals surface area contributed by atoms with Gasteiger partial charge in [-0.05, 0) is 43.2 Å². The summed E-state index contributed by atoms with van der Waals surface area (Å²) in [6.45, 7) is 7.82. The van der Waals surface area contributed by atoms with Crippen molar-refractivity contribution in [3.8, 4) is 5.75 Å². The highest BCUT2D eigenvalue weighted by Gasteiger charge is 2.26. The standard InChI is InChI=1S/C22H25N3O4/c1-5-28-18-9-7-6-8-16(18)21(26)25-20(13(2)3)22(27)24-15-10-11-19-17(12-15)23-14(4)29-19/h6-13,20H,5H2,1-4H3,(H,24,27)(H,25,26)/t20-/m0/s1. The van der Waals surface area contributed by atoms with E-state index in [2.05, 4.69) is 15.6 Å². The topological polar surface area (TPSA) is 93.5 Å². The molecule has 7 heteroatoms. The van der Waals surface area contributed by atoms with Crippen LogP contribution < -0.4 is 15.4 Å². The lowest BCUT2D eigenvalue weighted by Gasteiger charge is -2.22. The van der Waals surface area contributed by atoms with Gasteiger partial charge < -0.3 is 19.8 Å². The molecule has 0 saturated heterocycles. The number of ether oxygens (including phenoxy) is 1. The van der Waals surface area contributed by atoms with E-state index in [-0.39, 0.29) is 17.7 Å². The quantitative estimate of drug-likeness (QED) is 0.632. The minimum Gasteiger partial charge on any atom is -0.493 e. The molecule has 0 aliphatic heterocycles. The molecule has 2 aromatic carbocycles. The van der Waals surface area contributed by atoms with E-state index in [9.17, 15) is 9.59 Å². The Morgan fingerprint density at radius 1 is 1.17 bits per heavy atom. The van der Waals surface area contributed by atoms with E-state index in [4.69, 9.17) is 9.15 Å². The van der Waals surface area contributed by atoms with E-state index in [1.165, 1.54) is 0 Å². The molecule has 2 amide bonds. The number of carbonyl (C=O) groups is 2. The van der Waals surface area contributed by atoms with E-state index >= 15 is 0 Å². The van der Waals surface area contributed by atoms with Crippen molar-refractivity contribution in [2.45, 2.75) is 33.7 Å². The molecule has 1 heterocycles. The maximum absolute atomic E-state index is 12.9. The highest BCUT2D eigenvalue weighted by molar-refractivity contribution is 6.03. The molecule has 2 N–H and O–H groups in total. The molecule has 1 aromatic heterocycles. The summed E-state index contributed by atoms with van der Waals surface area (Å²) in [5.41, 5.74) is 2.30. The molecule has 0 bridgehead atoms. The van der Waals surface area contributed by atoms with Crippen molar-refractivity contribution in [2.24, 2.45) is 5.92 Å². The summed E-state index contributed by atoms with van der Waals surface area (Å²) in [7, 11) is 0. The first-order valence-corrected chi connectivity index (χ1v) is 9.59. The van der Waals surface area contributed by atoms with Crippen LogP contribution in [0, 0.1) is 12.8 Å². The second kappa shape index (κ2) is 8.77. The van der Waals surface area contributed by atoms with Crippen molar-refractivity contribution in [1.29, 1.82) is 0 Å². The number of hydrogen-bond donors (Lipinski definition) is 2. The number of rotatable bonds is 7. The predicted molar refractivity (Wildman–Crippen MR) is 111 cm³/mol. The second-order valence-corrected chi connectivity index (χ2v) is 7.03. The summed E-state index contributed by atoms with van der Waals surface area (Å²) >= 11 is 0. The molecular weight excluding hydrogens is 370 g/mol. The molecule has 3 rings (SSSR count). The molecule has 152 valence electrons. The molecule has 0 aliphatic rings. The number of oxazole rings is 1. The Morgan fingerprint density at radius 3 is 2.66 bits per heavy atom. The average Bonchev–Trinajstić information content (AvgIpc) is 3.05. The van der Waals surface area contributed by atoms with Crippen LogP contribution in [0.2, 0.25) is 0 Å². The van der Waals surface area contributed by atoms with E-state index in [1.807, 2.05) is 20.8 Å². The van der Waals surface area contributed by atoms with Gasteiger partial charge in [-0.1, -0.05) is 26.0 Å². The number of aromatic nitrogens is 1. The van der Waals surface area contributed by atoms with Crippen LogP contribution in [-0.2, 0) is 4.79 Å². The van der Waals surface area contributed by atoms with Crippen molar-refractivity contribution in [3.05, 3.63) is 53.9 Å². The first-order valence-electron chi connectivity index (χ1n) is 9.59. The zero-order valence-corrected chi connectivity index (χ0v) is 17.0. The number of nitrogens with zero attached hydrogens (tertiary/aromatic N) is 1. The number of aryl methyl sites for hydroxylation is 1. The van der Waals surface area contributed by atoms with Crippen molar-refractivity contribution >= 4 is 28.6 Å². The van der Waals surface area contributed by atoms with E-state index in [0.29, 0.717) is 40.6 Å². The SMILES string of the molecule is CCOc1ccccc1C(=O)N[C@H](C(=O)Nc1ccc2oc(C)nc2c1)C(C)C. The monoisotopic (exact) mass is 395 g/mol. The minimum atomic E-state index is -0.716. The fraction of sp³-hybridized carbons (Fsp3) is 0.318. The molecule has 0 fully saturated rings. The fourth-order valence-corrected chi connectivity index (χ4v) is 3.03. The molecule has 3 aromatic rings. The number of benzene rings is 2. The largest absolute Gasteiger partial charge is 0.493 e. The summed E-state index contributed by atoms with van der Waals surface area (Å²) in [5.74, 6) is 0.273. The lowest BCUT2D eigenvalue weighted by atomic mass is 10.0. The maximum Gasteiger partial charge on any atom is 0.255 e. The van der Waals surface area contributed by atoms with E-state index in [1.54, 1.807) is 49.4 Å². The minimum absolute atomic E-state index is 0.115. The third-order valence-corrected chi connectivity index (χ3v) is 4.43. The number of amides is 2. The Labute approximate surface area is 169 Å². The third-order valence-electron chi connectivity index (χ3n) is 4.43. The number of hydrogen-bond acceptors (Lipinski definition) is 5. The van der Waals surface area contributed by atoms with Gasteiger partial charge in [0.05, 0.1) is 12.2 Å². The van der Waals surface area contributed by atoms with Crippen LogP contribution in [0.4, 0.5) is 5.69 Å². The van der Waals surface area contributed by atoms with Crippen molar-refractivity contribution in [1.82, 2.24) is 10.3 Å². The summed E-state index contributed by atoms with van der Waals surface area (Å²) in [6, 6.07) is 11.5. The van der Waals surface area contributed by atoms with Crippen LogP contribution in [-0.4, -0.2) is 29.4 Å². The number of nitrogens with one attached hydrogen (secondary N) is 2. The van der Waals surface area contributed by atoms with Crippen molar-refractivity contribution in [3.63, 3.8) is 0 Å². The summed E-state index contributed by atoms with van der Waals surface area (Å²) in [5, 5.41) is 5.68. The summed E-state index contributed by atoms with van der Waals surface area (Å²) < 4.78 is 11.0. The number of anilines is 1. The van der Waals surface area contributed by atoms with Gasteiger partial charge in [-0.15, -0.1) is 0 Å². The first-order chi connectivity index (χ1) is 13.9. The zero-order chi connectivity index (χ0) is 21.0. The Morgan fingerprint density at radius 2 is 1.93 bits per heavy atom. The second-order valence-electron chi connectivity index (χ2n) is 7.03. The molecule has 7 nitrogen and oxygen atoms in total. The van der Waals surface area contributed by atoms with Gasteiger partial charge in [-0.2, -0.15) is 0 Å². The van der Waals surface area contributed by atoms with Crippen LogP contribution in [0.15, 0.2) is 46.9 Å². The average molecular weight is 395 g/mol. The molecule has 0 aliphatic carbocycles. The Hall–Kier alpha value is -3.35. The van der Waals surface area contributed by atoms with Gasteiger partial charge in [0.2, 0.25) is 5.91 Å². The van der Waals surface area contributed by atoms with Gasteiger partial charge in [0.25, 0.3) is 5.91 Å². The van der Waals surface area contributed by atoms with Crippen LogP contribution in [0.3, 0.4) is 0 Å². The van der Waals surface area contributed by atoms with Gasteiger partial charge in [-0.3, -0.25) is 9.59 Å². The Kier molecular flexibility index (Phi) is 6.16. The molecule has 0 saturated carbocycles. The van der Waals surface area contributed by atoms with Gasteiger partial charge in [0, 0.05) is 12.6 Å². The summed E-state index contributed by atoms with van der Waals surface area (Å²) in [4.78, 5) is 29.9. The van der Waals surface area contributed by atoms with Gasteiger partial charge in [-0.25, -0.2) is 4.98 Å². The van der Waals surface area contributed by atoms with Crippen molar-refractivity contribution in [2.75, 3.05) is 11.9 Å². The molecule has 1 atom stereocenters. The normalized spacial score (nSPS) is 12.0. The predicted octanol–water partition coefficient (Wildman–Crippen LogP) is 3.93. The lowest BCUT2D eigenvalue weighted by Crippen LogP contribution is -2.47. The number of fused-ring (bicyclic) bond motifs is 1. The first kappa shape index (κ1) is 20.4. The maximum atomic E-state index is 12.9. The highest BCUT2D eigenvalue weighted by atomic mass is 16.5. The third kappa shape index (κ3) is 4.74. The highest BCUT2D eigenvalue weighted by Crippen LogP contribution is 2.21. The number of para-hydroxylation sites is 1. The summed E-state index contributed by atoms with van der Waals surface area (Å²) in [6.07, 6.45) is 0. The van der Waals surface area contributed by atoms with Crippen LogP contribution in [0.5, 0.6) is 5.75 Å². The smallest absolute Gasteiger partial charge is 0.255 e. The molecule has 29 heavy (non-hydrogen) atoms. The number of carbonyl (C=O) groups excluding carboxylic acids is 2. The zero-order valence-electron chi connectivity index (χ0n) is 17.0. The van der Waals surface area contributed by atoms with Gasteiger partial charge in [0.1, 0.15) is 17.3 Å². The Balaban J connectivity index is 1.76. The van der Waals surface area contributed by atoms with Gasteiger partial charge in [0.15, 0.2) is 11.5 Å². The van der Waals surface area contributed by atoms with E-state index in [0.717, 1.165) is 0 Å². The Bertz CT molecular complexity index is 1030. The van der Waals surface area contributed by atoms with Crippen molar-refractivity contribution < 1.29 is 18.7 Å². The lowest BCUT2D eigenvalue weighted by molar-refractivity contribution is -0.118. The fourth-order valence-electron chi connectivity index (χ4n) is 3.03. The molecule has 0 spiro atoms. The molecule has 0 unspecified atom stereocenters. The van der Waals surface area contributed by atoms with Gasteiger partial charge >= 0.3 is 0 Å².